The summed E-state index contributed by atoms with van der Waals surface area (Å²) < 4.78 is 12.2. The Morgan fingerprint density at radius 1 is 0.827 bits per heavy atom. The topological polar surface area (TPSA) is 236 Å². The fourth-order valence-corrected chi connectivity index (χ4v) is 14.7. The van der Waals surface area contributed by atoms with Crippen LogP contribution in [-0.2, 0) is 47.8 Å². The fourth-order valence-electron chi connectivity index (χ4n) is 14.7. The second-order valence-electron chi connectivity index (χ2n) is 25.5. The van der Waals surface area contributed by atoms with Crippen molar-refractivity contribution in [2.24, 2.45) is 51.8 Å². The van der Waals surface area contributed by atoms with Crippen LogP contribution in [0, 0.1) is 51.8 Å². The van der Waals surface area contributed by atoms with Crippen LogP contribution >= 0.6 is 0 Å². The first-order chi connectivity index (χ1) is 38.3. The molecule has 5 N–H and O–H groups in total. The van der Waals surface area contributed by atoms with Gasteiger partial charge in [0.2, 0.25) is 41.4 Å². The molecule has 0 bridgehead atoms. The number of piperidine rings is 1. The largest absolute Gasteiger partial charge is 0.379 e. The van der Waals surface area contributed by atoms with Crippen LogP contribution in [0.25, 0.3) is 0 Å². The molecule has 464 valence electrons. The number of fused-ring (bicyclic) bond motifs is 1. The van der Waals surface area contributed by atoms with Crippen molar-refractivity contribution >= 4 is 47.1 Å². The van der Waals surface area contributed by atoms with Crippen LogP contribution in [0.15, 0.2) is 0 Å². The number of ether oxygens (including phenoxy) is 2. The number of aliphatic hydroxyl groups is 1. The van der Waals surface area contributed by atoms with Crippen molar-refractivity contribution in [1.82, 2.24) is 41.1 Å². The van der Waals surface area contributed by atoms with Gasteiger partial charge in [0.15, 0.2) is 0 Å². The molecule has 0 spiro atoms. The average Bonchev–Trinajstić information content (AvgIpc) is 4.32. The van der Waals surface area contributed by atoms with Gasteiger partial charge in [-0.25, -0.2) is 0 Å². The highest BCUT2D eigenvalue weighted by molar-refractivity contribution is 5.92. The Morgan fingerprint density at radius 3 is 2.01 bits per heavy atom. The van der Waals surface area contributed by atoms with Crippen molar-refractivity contribution in [2.45, 2.75) is 241 Å². The van der Waals surface area contributed by atoms with E-state index in [2.05, 4.69) is 42.3 Å². The third-order valence-electron chi connectivity index (χ3n) is 20.0. The number of carbonyl (C=O) groups excluding carboxylic acids is 8. The first-order valence-corrected chi connectivity index (χ1v) is 31.3. The number of methoxy groups -OCH3 is 2. The van der Waals surface area contributed by atoms with Crippen LogP contribution in [0.1, 0.15) is 199 Å². The molecule has 4 rings (SSSR count). The molecular formula is C62H110N8O11. The molecule has 0 aromatic carbocycles. The number of amides is 7. The molecule has 2 heterocycles. The predicted molar refractivity (Wildman–Crippen MR) is 313 cm³/mol. The molecule has 0 aromatic heterocycles. The molecule has 7 amide bonds. The molecule has 4 aliphatic rings. The maximum atomic E-state index is 14.7. The standard InChI is InChI=1S/C62H110N8O11/c1-17-33-63-58(78)61(38-43(61)19-3)32-25-29-45(71)42(11)53(81-16)44-28-26-36-69(44)49(74)37-46(80-15)52(41(10)18-2)68(14)56(76)50(39(6)7)64-55(75)51(40(8)9)67(13)34-27-31-48(73)66-65-47(72)30-23-22-24-35-70-57(77)54-60(12,20-4)62(54,21-5)59(70)79/h39-44,46,50-54,57,77H,17-38H2,1-16H3,(H,63,78)(H,64,75)(H,65,72)(H,66,73). The molecule has 14 unspecified atom stereocenters. The molecular weight excluding hydrogens is 1030 g/mol. The Bertz CT molecular complexity index is 2130. The van der Waals surface area contributed by atoms with Crippen LogP contribution in [-0.4, -0.2) is 169 Å². The van der Waals surface area contributed by atoms with Gasteiger partial charge in [0, 0.05) is 72.0 Å². The number of likely N-dealkylation sites (N-methyl/N-ethyl adjacent to an activating group) is 2. The van der Waals surface area contributed by atoms with Crippen LogP contribution in [0.2, 0.25) is 0 Å². The van der Waals surface area contributed by atoms with E-state index in [-0.39, 0.29) is 107 Å². The van der Waals surface area contributed by atoms with Crippen LogP contribution in [0.5, 0.6) is 0 Å². The molecule has 4 fully saturated rings. The summed E-state index contributed by atoms with van der Waals surface area (Å²) in [6, 6.07) is -2.36. The molecule has 0 aromatic rings. The summed E-state index contributed by atoms with van der Waals surface area (Å²) in [4.78, 5) is 116. The van der Waals surface area contributed by atoms with Crippen LogP contribution in [0.4, 0.5) is 0 Å². The summed E-state index contributed by atoms with van der Waals surface area (Å²) in [6.45, 7) is 25.9. The lowest BCUT2D eigenvalue weighted by Crippen LogP contribution is -2.60. The molecule has 14 atom stereocenters. The number of hydrogen-bond acceptors (Lipinski definition) is 12. The van der Waals surface area contributed by atoms with Gasteiger partial charge in [0.1, 0.15) is 18.1 Å². The Kier molecular flexibility index (Phi) is 26.6. The van der Waals surface area contributed by atoms with Gasteiger partial charge in [-0.3, -0.25) is 54.1 Å². The van der Waals surface area contributed by atoms with E-state index in [1.165, 1.54) is 0 Å². The highest BCUT2D eigenvalue weighted by Crippen LogP contribution is 2.77. The Balaban J connectivity index is 1.27. The van der Waals surface area contributed by atoms with E-state index in [1.807, 2.05) is 79.2 Å². The minimum absolute atomic E-state index is 0.00157. The van der Waals surface area contributed by atoms with E-state index in [0.717, 1.165) is 38.5 Å². The zero-order valence-electron chi connectivity index (χ0n) is 52.9. The summed E-state index contributed by atoms with van der Waals surface area (Å²) in [5.74, 6) is -1.91. The third-order valence-corrected chi connectivity index (χ3v) is 20.0. The van der Waals surface area contributed by atoms with E-state index < -0.39 is 47.9 Å². The number of unbranched alkanes of at least 4 members (excludes halogenated alkanes) is 2. The highest BCUT2D eigenvalue weighted by atomic mass is 16.5. The summed E-state index contributed by atoms with van der Waals surface area (Å²) >= 11 is 0. The average molecular weight is 1140 g/mol. The first-order valence-electron chi connectivity index (χ1n) is 31.3. The van der Waals surface area contributed by atoms with Gasteiger partial charge in [-0.1, -0.05) is 102 Å². The van der Waals surface area contributed by atoms with Gasteiger partial charge in [0.25, 0.3) is 0 Å². The maximum absolute atomic E-state index is 14.7. The van der Waals surface area contributed by atoms with E-state index in [9.17, 15) is 43.5 Å². The van der Waals surface area contributed by atoms with Gasteiger partial charge in [-0.05, 0) is 113 Å². The zero-order valence-corrected chi connectivity index (χ0v) is 52.9. The number of ketones is 1. The number of nitrogens with zero attached hydrogens (tertiary/aromatic N) is 4. The molecule has 2 aliphatic carbocycles. The van der Waals surface area contributed by atoms with Gasteiger partial charge in [-0.15, -0.1) is 0 Å². The minimum atomic E-state index is -0.893. The molecule has 2 saturated heterocycles. The van der Waals surface area contributed by atoms with E-state index in [1.54, 1.807) is 31.1 Å². The summed E-state index contributed by atoms with van der Waals surface area (Å²) in [5, 5.41) is 17.1. The van der Waals surface area contributed by atoms with Gasteiger partial charge in [0.05, 0.1) is 47.6 Å². The number of hydrogen-bond donors (Lipinski definition) is 5. The molecule has 0 radical (unpaired) electrons. The number of carbonyl (C=O) groups is 8. The van der Waals surface area contributed by atoms with Crippen molar-refractivity contribution in [3.8, 4) is 0 Å². The lowest BCUT2D eigenvalue weighted by Gasteiger charge is -2.41. The van der Waals surface area contributed by atoms with Crippen LogP contribution in [0.3, 0.4) is 0 Å². The van der Waals surface area contributed by atoms with Crippen molar-refractivity contribution in [2.75, 3.05) is 54.5 Å². The number of rotatable bonds is 37. The summed E-state index contributed by atoms with van der Waals surface area (Å²) in [6.07, 6.45) is 8.67. The lowest BCUT2D eigenvalue weighted by atomic mass is 9.87. The quantitative estimate of drug-likeness (QED) is 0.0320. The second-order valence-corrected chi connectivity index (χ2v) is 25.5. The molecule has 2 aliphatic heterocycles. The van der Waals surface area contributed by atoms with Gasteiger partial charge >= 0.3 is 0 Å². The number of likely N-dealkylation sites (tertiary alicyclic amines) is 2. The highest BCUT2D eigenvalue weighted by Gasteiger charge is 2.83. The van der Waals surface area contributed by atoms with E-state index in [0.29, 0.717) is 89.9 Å². The molecule has 19 heteroatoms. The third kappa shape index (κ3) is 15.8. The Labute approximate surface area is 486 Å². The monoisotopic (exact) mass is 1140 g/mol. The van der Waals surface area contributed by atoms with Crippen molar-refractivity contribution < 1.29 is 52.9 Å². The number of Topliss-reactive ketones (excluding diaryl/α,β-unsaturated/α-hetero) is 1. The van der Waals surface area contributed by atoms with Gasteiger partial charge < -0.3 is 39.9 Å². The van der Waals surface area contributed by atoms with E-state index in [4.69, 9.17) is 9.47 Å². The molecule has 81 heavy (non-hydrogen) atoms. The van der Waals surface area contributed by atoms with Gasteiger partial charge in [-0.2, -0.15) is 0 Å². The zero-order chi connectivity index (χ0) is 60.7. The molecule has 2 saturated carbocycles. The fraction of sp³-hybridized carbons (Fsp3) is 0.871. The smallest absolute Gasteiger partial charge is 0.245 e. The normalized spacial score (nSPS) is 26.6. The Morgan fingerprint density at radius 2 is 1.48 bits per heavy atom. The van der Waals surface area contributed by atoms with Crippen molar-refractivity contribution in [1.29, 1.82) is 0 Å². The molecule has 19 nitrogen and oxygen atoms in total. The summed E-state index contributed by atoms with van der Waals surface area (Å²) in [7, 11) is 6.68. The minimum Gasteiger partial charge on any atom is -0.379 e. The van der Waals surface area contributed by atoms with E-state index >= 15 is 0 Å². The van der Waals surface area contributed by atoms with Crippen molar-refractivity contribution in [3.05, 3.63) is 0 Å². The summed E-state index contributed by atoms with van der Waals surface area (Å²) in [5.41, 5.74) is 3.99. The second kappa shape index (κ2) is 31.1. The first kappa shape index (κ1) is 69.3. The predicted octanol–water partition coefficient (Wildman–Crippen LogP) is 6.78. The SMILES string of the molecule is CCCNC(=O)C1(CCCC(=O)C(C)C(OC)C2CCCN2C(=O)CC(OC)C(C(C)CC)N(C)C(=O)C(NC(=O)C(C(C)C)N(C)CCCC(=O)NNC(=O)CCCCCN2C(=O)C3(CC)C(C2O)C3(C)CC)C(C)C)CC1CC. The lowest BCUT2D eigenvalue weighted by molar-refractivity contribution is -0.148. The van der Waals surface area contributed by atoms with Crippen LogP contribution < -0.4 is 21.5 Å². The number of nitrogens with one attached hydrogen (secondary N) is 4. The van der Waals surface area contributed by atoms with Crippen molar-refractivity contribution in [3.63, 3.8) is 0 Å². The maximum Gasteiger partial charge on any atom is 0.245 e. The Hall–Kier alpha value is -4.20. The number of aliphatic hydroxyl groups excluding tert-OH is 1. The number of hydrazine groups is 1.